The van der Waals surface area contributed by atoms with Gasteiger partial charge in [-0.05, 0) is 55.4 Å². The quantitative estimate of drug-likeness (QED) is 0.287. The number of aliphatic hydroxyl groups is 1. The first-order chi connectivity index (χ1) is 16.6. The zero-order valence-electron chi connectivity index (χ0n) is 19.5. The maximum atomic E-state index is 9.84. The molecule has 0 unspecified atom stereocenters. The lowest BCUT2D eigenvalue weighted by Gasteiger charge is -2.26. The molecule has 0 aliphatic heterocycles. The highest BCUT2D eigenvalue weighted by Gasteiger charge is 2.20. The Bertz CT molecular complexity index is 1230. The second-order valence-electron chi connectivity index (χ2n) is 9.08. The Kier molecular flexibility index (Phi) is 7.02. The molecule has 0 spiro atoms. The van der Waals surface area contributed by atoms with Crippen molar-refractivity contribution >= 4 is 38.5 Å². The summed E-state index contributed by atoms with van der Waals surface area (Å²) in [6.07, 6.45) is 6.25. The maximum Gasteiger partial charge on any atom is 0.225 e. The Hall–Kier alpha value is -3.03. The van der Waals surface area contributed by atoms with E-state index in [0.717, 1.165) is 67.1 Å². The number of thiazole rings is 1. The van der Waals surface area contributed by atoms with Crippen LogP contribution in [0.5, 0.6) is 0 Å². The zero-order valence-corrected chi connectivity index (χ0v) is 20.3. The van der Waals surface area contributed by atoms with Crippen LogP contribution in [0.25, 0.3) is 10.2 Å². The van der Waals surface area contributed by atoms with Crippen LogP contribution in [0.2, 0.25) is 0 Å². The molecule has 1 aliphatic rings. The van der Waals surface area contributed by atoms with E-state index < -0.39 is 0 Å². The molecular formula is C27H31N5OS. The number of aliphatic hydroxyl groups excluding tert-OH is 1. The Morgan fingerprint density at radius 2 is 1.76 bits per heavy atom. The molecule has 0 amide bonds. The van der Waals surface area contributed by atoms with Crippen LogP contribution in [0, 0.1) is 0 Å². The van der Waals surface area contributed by atoms with Crippen LogP contribution in [0.3, 0.4) is 0 Å². The van der Waals surface area contributed by atoms with Crippen molar-refractivity contribution in [3.63, 3.8) is 0 Å². The maximum absolute atomic E-state index is 9.84. The minimum Gasteiger partial charge on any atom is -0.393 e. The van der Waals surface area contributed by atoms with Gasteiger partial charge in [-0.2, -0.15) is 4.98 Å². The van der Waals surface area contributed by atoms with Crippen molar-refractivity contribution in [2.75, 3.05) is 10.6 Å². The van der Waals surface area contributed by atoms with Gasteiger partial charge >= 0.3 is 0 Å². The number of rotatable bonds is 8. The van der Waals surface area contributed by atoms with E-state index in [-0.39, 0.29) is 12.1 Å². The van der Waals surface area contributed by atoms with E-state index in [4.69, 9.17) is 15.0 Å². The predicted octanol–water partition coefficient (Wildman–Crippen LogP) is 6.09. The number of anilines is 3. The van der Waals surface area contributed by atoms with Crippen molar-refractivity contribution in [2.24, 2.45) is 0 Å². The van der Waals surface area contributed by atoms with Crippen LogP contribution in [0.4, 0.5) is 16.9 Å². The highest BCUT2D eigenvalue weighted by Crippen LogP contribution is 2.30. The first kappa shape index (κ1) is 22.7. The van der Waals surface area contributed by atoms with Crippen molar-refractivity contribution in [1.82, 2.24) is 15.0 Å². The first-order valence-corrected chi connectivity index (χ1v) is 13.0. The molecule has 0 saturated heterocycles. The second-order valence-corrected chi connectivity index (χ2v) is 10.1. The van der Waals surface area contributed by atoms with Gasteiger partial charge in [-0.15, -0.1) is 0 Å². The van der Waals surface area contributed by atoms with E-state index in [1.807, 2.05) is 12.1 Å². The summed E-state index contributed by atoms with van der Waals surface area (Å²) in [7, 11) is 0. The highest BCUT2D eigenvalue weighted by molar-refractivity contribution is 7.22. The number of aromatic nitrogens is 3. The van der Waals surface area contributed by atoms with Crippen molar-refractivity contribution < 1.29 is 5.11 Å². The molecule has 3 N–H and O–H groups in total. The number of benzene rings is 2. The Morgan fingerprint density at radius 3 is 2.56 bits per heavy atom. The molecule has 0 radical (unpaired) electrons. The fourth-order valence-electron chi connectivity index (χ4n) is 4.50. The van der Waals surface area contributed by atoms with Gasteiger partial charge in [0.2, 0.25) is 5.95 Å². The number of hydrogen-bond acceptors (Lipinski definition) is 7. The monoisotopic (exact) mass is 473 g/mol. The smallest absolute Gasteiger partial charge is 0.225 e. The van der Waals surface area contributed by atoms with E-state index in [1.165, 1.54) is 15.8 Å². The van der Waals surface area contributed by atoms with E-state index >= 15 is 0 Å². The van der Waals surface area contributed by atoms with Crippen LogP contribution in [0.15, 0.2) is 54.6 Å². The molecule has 34 heavy (non-hydrogen) atoms. The number of fused-ring (bicyclic) bond motifs is 1. The standard InChI is InChI=1S/C27H31N5OS/c1-2-6-18-9-14-23-24(16-18)34-27(30-23)32-25-17-21(15-19-7-4-3-5-8-19)29-26(31-25)28-20-10-12-22(33)13-11-20/h3-5,7-9,14,16-17,20,22,33H,2,6,10-13,15H2,1H3,(H2,28,29,30,31,32)/t20-,22-. The van der Waals surface area contributed by atoms with Crippen LogP contribution < -0.4 is 10.6 Å². The van der Waals surface area contributed by atoms with Gasteiger partial charge in [0.05, 0.1) is 22.0 Å². The van der Waals surface area contributed by atoms with Gasteiger partial charge in [-0.25, -0.2) is 9.97 Å². The Balaban J connectivity index is 1.40. The molecule has 7 heteroatoms. The summed E-state index contributed by atoms with van der Waals surface area (Å²) in [6.45, 7) is 2.20. The topological polar surface area (TPSA) is 83.0 Å². The molecule has 5 rings (SSSR count). The molecular weight excluding hydrogens is 442 g/mol. The van der Waals surface area contributed by atoms with Crippen LogP contribution in [0.1, 0.15) is 55.8 Å². The third kappa shape index (κ3) is 5.72. The summed E-state index contributed by atoms with van der Waals surface area (Å²) in [6, 6.07) is 19.2. The molecule has 1 saturated carbocycles. The van der Waals surface area contributed by atoms with Gasteiger partial charge in [-0.3, -0.25) is 0 Å². The van der Waals surface area contributed by atoms with E-state index in [1.54, 1.807) is 11.3 Å². The van der Waals surface area contributed by atoms with Crippen LogP contribution in [-0.2, 0) is 12.8 Å². The van der Waals surface area contributed by atoms with Gasteiger partial charge in [0.15, 0.2) is 5.13 Å². The second kappa shape index (κ2) is 10.5. The molecule has 4 aromatic rings. The lowest BCUT2D eigenvalue weighted by atomic mass is 9.93. The van der Waals surface area contributed by atoms with Crippen LogP contribution in [-0.4, -0.2) is 32.2 Å². The number of nitrogens with zero attached hydrogens (tertiary/aromatic N) is 3. The lowest BCUT2D eigenvalue weighted by Crippen LogP contribution is -2.29. The largest absolute Gasteiger partial charge is 0.393 e. The van der Waals surface area contributed by atoms with Gasteiger partial charge in [0, 0.05) is 18.5 Å². The molecule has 176 valence electrons. The molecule has 0 bridgehead atoms. The average molecular weight is 474 g/mol. The van der Waals surface area contributed by atoms with Gasteiger partial charge < -0.3 is 15.7 Å². The van der Waals surface area contributed by atoms with Gasteiger partial charge in [0.1, 0.15) is 5.82 Å². The summed E-state index contributed by atoms with van der Waals surface area (Å²) in [5.74, 6) is 1.37. The van der Waals surface area contributed by atoms with Crippen molar-refractivity contribution in [2.45, 2.75) is 64.0 Å². The van der Waals surface area contributed by atoms with E-state index in [0.29, 0.717) is 5.95 Å². The molecule has 1 aliphatic carbocycles. The molecule has 1 fully saturated rings. The third-order valence-electron chi connectivity index (χ3n) is 6.26. The molecule has 2 heterocycles. The van der Waals surface area contributed by atoms with Gasteiger partial charge in [0.25, 0.3) is 0 Å². The van der Waals surface area contributed by atoms with Gasteiger partial charge in [-0.1, -0.05) is 61.1 Å². The van der Waals surface area contributed by atoms with Crippen molar-refractivity contribution in [3.8, 4) is 0 Å². The fraction of sp³-hybridized carbons (Fsp3) is 0.370. The molecule has 6 nitrogen and oxygen atoms in total. The predicted molar refractivity (Wildman–Crippen MR) is 140 cm³/mol. The summed E-state index contributed by atoms with van der Waals surface area (Å²) >= 11 is 1.65. The minimum absolute atomic E-state index is 0.183. The summed E-state index contributed by atoms with van der Waals surface area (Å²) in [5.41, 5.74) is 4.52. The molecule has 0 atom stereocenters. The Morgan fingerprint density at radius 1 is 0.941 bits per heavy atom. The third-order valence-corrected chi connectivity index (χ3v) is 7.20. The van der Waals surface area contributed by atoms with E-state index in [9.17, 15) is 5.11 Å². The van der Waals surface area contributed by atoms with E-state index in [2.05, 4.69) is 60.0 Å². The zero-order chi connectivity index (χ0) is 23.3. The fourth-order valence-corrected chi connectivity index (χ4v) is 5.44. The Labute approximate surface area is 204 Å². The molecule has 2 aromatic carbocycles. The summed E-state index contributed by atoms with van der Waals surface area (Å²) < 4.78 is 1.19. The van der Waals surface area contributed by atoms with Crippen molar-refractivity contribution in [1.29, 1.82) is 0 Å². The summed E-state index contributed by atoms with van der Waals surface area (Å²) in [5, 5.41) is 17.6. The lowest BCUT2D eigenvalue weighted by molar-refractivity contribution is 0.126. The molecule has 2 aromatic heterocycles. The first-order valence-electron chi connectivity index (χ1n) is 12.2. The van der Waals surface area contributed by atoms with Crippen molar-refractivity contribution in [3.05, 3.63) is 71.4 Å². The number of nitrogens with one attached hydrogen (secondary N) is 2. The number of hydrogen-bond donors (Lipinski definition) is 3. The highest BCUT2D eigenvalue weighted by atomic mass is 32.1. The summed E-state index contributed by atoms with van der Waals surface area (Å²) in [4.78, 5) is 14.4. The SMILES string of the molecule is CCCc1ccc2nc(Nc3cc(Cc4ccccc4)nc(N[C@H]4CC[C@H](O)CC4)n3)sc2c1. The average Bonchev–Trinajstić information content (AvgIpc) is 3.23. The van der Waals surface area contributed by atoms with Crippen LogP contribution >= 0.6 is 11.3 Å². The number of aryl methyl sites for hydroxylation is 1. The minimum atomic E-state index is -0.183. The normalized spacial score (nSPS) is 18.2.